The van der Waals surface area contributed by atoms with Crippen LogP contribution in [0.2, 0.25) is 0 Å². The molecule has 2 rings (SSSR count). The fourth-order valence-electron chi connectivity index (χ4n) is 1.82. The number of H-pyrrole nitrogens is 1. The highest BCUT2D eigenvalue weighted by atomic mass is 32.2. The summed E-state index contributed by atoms with van der Waals surface area (Å²) in [6.07, 6.45) is 1.65. The standard InChI is InChI=1S/C15H20N4OS/c1-3-13-17-15(19-18-13)21-11(2)14(20)16-10-9-12-7-5-4-6-8-12/h4-8,11H,3,9-10H2,1-2H3,(H,16,20)(H,17,18,19). The molecule has 2 aromatic rings. The molecule has 21 heavy (non-hydrogen) atoms. The molecule has 1 atom stereocenters. The highest BCUT2D eigenvalue weighted by Gasteiger charge is 2.16. The third-order valence-electron chi connectivity index (χ3n) is 3.05. The molecule has 0 saturated carbocycles. The number of aromatic amines is 1. The summed E-state index contributed by atoms with van der Waals surface area (Å²) in [6, 6.07) is 10.1. The van der Waals surface area contributed by atoms with E-state index in [0.29, 0.717) is 11.7 Å². The molecule has 1 unspecified atom stereocenters. The topological polar surface area (TPSA) is 70.7 Å². The second-order valence-electron chi connectivity index (χ2n) is 4.70. The molecule has 2 N–H and O–H groups in total. The van der Waals surface area contributed by atoms with Gasteiger partial charge in [-0.25, -0.2) is 4.98 Å². The van der Waals surface area contributed by atoms with Gasteiger partial charge in [-0.1, -0.05) is 49.0 Å². The van der Waals surface area contributed by atoms with E-state index in [4.69, 9.17) is 0 Å². The molecule has 112 valence electrons. The molecule has 6 heteroatoms. The fraction of sp³-hybridized carbons (Fsp3) is 0.400. The van der Waals surface area contributed by atoms with E-state index in [1.165, 1.54) is 17.3 Å². The van der Waals surface area contributed by atoms with Gasteiger partial charge in [0.1, 0.15) is 5.82 Å². The lowest BCUT2D eigenvalue weighted by Gasteiger charge is -2.10. The SMILES string of the molecule is CCc1nc(SC(C)C(=O)NCCc2ccccc2)n[nH]1. The van der Waals surface area contributed by atoms with Crippen molar-refractivity contribution in [2.24, 2.45) is 0 Å². The maximum Gasteiger partial charge on any atom is 0.233 e. The minimum Gasteiger partial charge on any atom is -0.355 e. The average Bonchev–Trinajstić information content (AvgIpc) is 2.96. The maximum absolute atomic E-state index is 12.0. The van der Waals surface area contributed by atoms with E-state index in [1.807, 2.05) is 32.0 Å². The maximum atomic E-state index is 12.0. The van der Waals surface area contributed by atoms with E-state index in [0.717, 1.165) is 18.7 Å². The van der Waals surface area contributed by atoms with Crippen molar-refractivity contribution < 1.29 is 4.79 Å². The van der Waals surface area contributed by atoms with Gasteiger partial charge in [0.2, 0.25) is 11.1 Å². The van der Waals surface area contributed by atoms with Crippen molar-refractivity contribution in [3.8, 4) is 0 Å². The molecule has 0 bridgehead atoms. The van der Waals surface area contributed by atoms with Crippen molar-refractivity contribution in [2.75, 3.05) is 6.54 Å². The number of carbonyl (C=O) groups excluding carboxylic acids is 1. The number of thioether (sulfide) groups is 1. The second kappa shape index (κ2) is 7.83. The van der Waals surface area contributed by atoms with Crippen molar-refractivity contribution in [1.29, 1.82) is 0 Å². The molecule has 5 nitrogen and oxygen atoms in total. The van der Waals surface area contributed by atoms with Crippen LogP contribution in [0.4, 0.5) is 0 Å². The first kappa shape index (κ1) is 15.6. The Bertz CT molecular complexity index is 570. The Morgan fingerprint density at radius 3 is 2.81 bits per heavy atom. The van der Waals surface area contributed by atoms with E-state index in [2.05, 4.69) is 32.6 Å². The van der Waals surface area contributed by atoms with Gasteiger partial charge >= 0.3 is 0 Å². The summed E-state index contributed by atoms with van der Waals surface area (Å²) in [7, 11) is 0. The van der Waals surface area contributed by atoms with Gasteiger partial charge in [0.25, 0.3) is 0 Å². The van der Waals surface area contributed by atoms with E-state index in [9.17, 15) is 4.79 Å². The Hall–Kier alpha value is -1.82. The number of nitrogens with one attached hydrogen (secondary N) is 2. The third kappa shape index (κ3) is 4.90. The van der Waals surface area contributed by atoms with E-state index >= 15 is 0 Å². The van der Waals surface area contributed by atoms with Crippen LogP contribution in [0.5, 0.6) is 0 Å². The van der Waals surface area contributed by atoms with Crippen molar-refractivity contribution in [3.05, 3.63) is 41.7 Å². The zero-order valence-corrected chi connectivity index (χ0v) is 13.1. The molecule has 0 radical (unpaired) electrons. The average molecular weight is 304 g/mol. The molecule has 1 aromatic carbocycles. The van der Waals surface area contributed by atoms with Crippen LogP contribution in [0.25, 0.3) is 0 Å². The van der Waals surface area contributed by atoms with Gasteiger partial charge in [-0.05, 0) is 18.9 Å². The summed E-state index contributed by atoms with van der Waals surface area (Å²) in [5.74, 6) is 0.855. The summed E-state index contributed by atoms with van der Waals surface area (Å²) >= 11 is 1.37. The van der Waals surface area contributed by atoms with E-state index < -0.39 is 0 Å². The number of benzene rings is 1. The Morgan fingerprint density at radius 2 is 2.14 bits per heavy atom. The predicted octanol–water partition coefficient (Wildman–Crippen LogP) is 2.21. The number of amides is 1. The molecule has 1 amide bonds. The van der Waals surface area contributed by atoms with Crippen molar-refractivity contribution in [2.45, 2.75) is 37.1 Å². The van der Waals surface area contributed by atoms with Gasteiger partial charge in [-0.2, -0.15) is 0 Å². The summed E-state index contributed by atoms with van der Waals surface area (Å²) in [4.78, 5) is 16.3. The Morgan fingerprint density at radius 1 is 1.38 bits per heavy atom. The summed E-state index contributed by atoms with van der Waals surface area (Å²) < 4.78 is 0. The number of hydrogen-bond donors (Lipinski definition) is 2. The van der Waals surface area contributed by atoms with Crippen LogP contribution in [0, 0.1) is 0 Å². The van der Waals surface area contributed by atoms with Crippen molar-refractivity contribution in [1.82, 2.24) is 20.5 Å². The predicted molar refractivity (Wildman–Crippen MR) is 84.2 cm³/mol. The second-order valence-corrected chi connectivity index (χ2v) is 6.01. The molecule has 0 saturated heterocycles. The van der Waals surface area contributed by atoms with Crippen molar-refractivity contribution >= 4 is 17.7 Å². The third-order valence-corrected chi connectivity index (χ3v) is 4.01. The van der Waals surface area contributed by atoms with Crippen LogP contribution < -0.4 is 5.32 Å². The van der Waals surface area contributed by atoms with Crippen molar-refractivity contribution in [3.63, 3.8) is 0 Å². The van der Waals surface area contributed by atoms with E-state index in [-0.39, 0.29) is 11.2 Å². The molecular weight excluding hydrogens is 284 g/mol. The lowest BCUT2D eigenvalue weighted by atomic mass is 10.1. The largest absolute Gasteiger partial charge is 0.355 e. The van der Waals surface area contributed by atoms with E-state index in [1.54, 1.807) is 0 Å². The Balaban J connectivity index is 1.74. The highest BCUT2D eigenvalue weighted by Crippen LogP contribution is 2.19. The molecular formula is C15H20N4OS. The fourth-order valence-corrected chi connectivity index (χ4v) is 2.59. The van der Waals surface area contributed by atoms with Gasteiger partial charge in [-0.3, -0.25) is 9.89 Å². The number of rotatable bonds is 7. The molecule has 0 fully saturated rings. The summed E-state index contributed by atoms with van der Waals surface area (Å²) in [5.41, 5.74) is 1.22. The van der Waals surface area contributed by atoms with Crippen LogP contribution in [0.3, 0.4) is 0 Å². The first-order valence-electron chi connectivity index (χ1n) is 7.08. The van der Waals surface area contributed by atoms with Gasteiger partial charge in [0.15, 0.2) is 0 Å². The van der Waals surface area contributed by atoms with Crippen LogP contribution >= 0.6 is 11.8 Å². The monoisotopic (exact) mass is 304 g/mol. The zero-order chi connectivity index (χ0) is 15.1. The molecule has 1 heterocycles. The minimum atomic E-state index is -0.207. The Kier molecular flexibility index (Phi) is 5.80. The van der Waals surface area contributed by atoms with Crippen LogP contribution in [0.1, 0.15) is 25.2 Å². The minimum absolute atomic E-state index is 0.0128. The van der Waals surface area contributed by atoms with Gasteiger partial charge in [-0.15, -0.1) is 5.10 Å². The quantitative estimate of drug-likeness (QED) is 0.769. The number of aromatic nitrogens is 3. The number of nitrogens with zero attached hydrogens (tertiary/aromatic N) is 2. The van der Waals surface area contributed by atoms with Crippen LogP contribution in [-0.4, -0.2) is 32.9 Å². The lowest BCUT2D eigenvalue weighted by molar-refractivity contribution is -0.120. The molecule has 0 aliphatic heterocycles. The smallest absolute Gasteiger partial charge is 0.233 e. The molecule has 0 aliphatic carbocycles. The number of carbonyl (C=O) groups is 1. The highest BCUT2D eigenvalue weighted by molar-refractivity contribution is 8.00. The number of aryl methyl sites for hydroxylation is 1. The molecule has 0 spiro atoms. The normalized spacial score (nSPS) is 12.1. The first-order valence-corrected chi connectivity index (χ1v) is 7.96. The van der Waals surface area contributed by atoms with Crippen LogP contribution in [0.15, 0.2) is 35.5 Å². The lowest BCUT2D eigenvalue weighted by Crippen LogP contribution is -2.32. The first-order chi connectivity index (χ1) is 10.2. The van der Waals surface area contributed by atoms with Gasteiger partial charge < -0.3 is 5.32 Å². The van der Waals surface area contributed by atoms with Crippen LogP contribution in [-0.2, 0) is 17.6 Å². The molecule has 1 aromatic heterocycles. The zero-order valence-electron chi connectivity index (χ0n) is 12.3. The number of hydrogen-bond acceptors (Lipinski definition) is 4. The van der Waals surface area contributed by atoms with Gasteiger partial charge in [0, 0.05) is 13.0 Å². The summed E-state index contributed by atoms with van der Waals surface area (Å²) in [5, 5.41) is 10.3. The molecule has 0 aliphatic rings. The summed E-state index contributed by atoms with van der Waals surface area (Å²) in [6.45, 7) is 4.52. The Labute approximate surface area is 128 Å². The van der Waals surface area contributed by atoms with Gasteiger partial charge in [0.05, 0.1) is 5.25 Å².